The van der Waals surface area contributed by atoms with E-state index in [1.807, 2.05) is 6.07 Å². The number of carbonyl (C=O) groups excluding carboxylic acids is 3. The van der Waals surface area contributed by atoms with E-state index in [9.17, 15) is 14.4 Å². The average Bonchev–Trinajstić information content (AvgIpc) is 3.21. The third-order valence-corrected chi connectivity index (χ3v) is 4.13. The van der Waals surface area contributed by atoms with Crippen LogP contribution in [-0.4, -0.2) is 32.7 Å². The van der Waals surface area contributed by atoms with E-state index >= 15 is 0 Å². The fourth-order valence-electron chi connectivity index (χ4n) is 2.96. The van der Waals surface area contributed by atoms with Crippen LogP contribution in [0.25, 0.3) is 11.0 Å². The summed E-state index contributed by atoms with van der Waals surface area (Å²) < 4.78 is 5.06. The standard InChI is InChI=1S/C18H15N5O4/c1-9(24)23-12-7-19-16-15(12)21-8-22-17(16)18(26)20-6-10-2-3-13-11(4-10)5-14(25)27-13/h2-4,7-8,19H,5-6H2,1H3,(H,20,26)(H,23,24). The molecule has 0 saturated carbocycles. The van der Waals surface area contributed by atoms with Gasteiger partial charge < -0.3 is 20.4 Å². The van der Waals surface area contributed by atoms with Gasteiger partial charge in [0.25, 0.3) is 5.91 Å². The molecule has 1 aromatic carbocycles. The van der Waals surface area contributed by atoms with Gasteiger partial charge in [0.1, 0.15) is 17.6 Å². The summed E-state index contributed by atoms with van der Waals surface area (Å²) in [4.78, 5) is 46.2. The molecule has 27 heavy (non-hydrogen) atoms. The Hall–Kier alpha value is -3.75. The molecule has 0 aliphatic carbocycles. The van der Waals surface area contributed by atoms with Crippen LogP contribution in [0.1, 0.15) is 28.5 Å². The summed E-state index contributed by atoms with van der Waals surface area (Å²) in [5, 5.41) is 5.45. The number of aromatic nitrogens is 3. The monoisotopic (exact) mass is 365 g/mol. The highest BCUT2D eigenvalue weighted by molar-refractivity contribution is 6.07. The van der Waals surface area contributed by atoms with Crippen molar-refractivity contribution in [2.45, 2.75) is 19.9 Å². The number of amides is 2. The predicted molar refractivity (Wildman–Crippen MR) is 95.1 cm³/mol. The van der Waals surface area contributed by atoms with Crippen LogP contribution >= 0.6 is 0 Å². The summed E-state index contributed by atoms with van der Waals surface area (Å²) in [5.74, 6) is -0.341. The second kappa shape index (κ2) is 6.52. The zero-order valence-electron chi connectivity index (χ0n) is 14.3. The molecule has 9 heteroatoms. The molecule has 136 valence electrons. The van der Waals surface area contributed by atoms with Gasteiger partial charge in [0, 0.05) is 25.2 Å². The first-order valence-corrected chi connectivity index (χ1v) is 8.21. The summed E-state index contributed by atoms with van der Waals surface area (Å²) in [6, 6.07) is 5.34. The second-order valence-corrected chi connectivity index (χ2v) is 6.11. The number of ether oxygens (including phenoxy) is 1. The fraction of sp³-hybridized carbons (Fsp3) is 0.167. The van der Waals surface area contributed by atoms with Crippen molar-refractivity contribution >= 4 is 34.5 Å². The number of benzene rings is 1. The molecule has 3 heterocycles. The minimum Gasteiger partial charge on any atom is -0.426 e. The van der Waals surface area contributed by atoms with Crippen molar-refractivity contribution in [2.24, 2.45) is 0 Å². The first-order chi connectivity index (χ1) is 13.0. The quantitative estimate of drug-likeness (QED) is 0.473. The van der Waals surface area contributed by atoms with Gasteiger partial charge in [0.05, 0.1) is 17.6 Å². The normalized spacial score (nSPS) is 12.6. The van der Waals surface area contributed by atoms with Gasteiger partial charge in [-0.2, -0.15) is 0 Å². The van der Waals surface area contributed by atoms with Crippen LogP contribution in [0, 0.1) is 0 Å². The molecular weight excluding hydrogens is 350 g/mol. The number of nitrogens with one attached hydrogen (secondary N) is 3. The Labute approximate surface area is 153 Å². The van der Waals surface area contributed by atoms with Crippen molar-refractivity contribution in [2.75, 3.05) is 5.32 Å². The Morgan fingerprint density at radius 2 is 2.15 bits per heavy atom. The highest BCUT2D eigenvalue weighted by Crippen LogP contribution is 2.27. The van der Waals surface area contributed by atoms with Crippen molar-refractivity contribution < 1.29 is 19.1 Å². The Bertz CT molecular complexity index is 1090. The Morgan fingerprint density at radius 1 is 1.30 bits per heavy atom. The minimum atomic E-state index is -0.383. The second-order valence-electron chi connectivity index (χ2n) is 6.11. The fourth-order valence-corrected chi connectivity index (χ4v) is 2.96. The lowest BCUT2D eigenvalue weighted by atomic mass is 10.1. The zero-order chi connectivity index (χ0) is 19.0. The lowest BCUT2D eigenvalue weighted by Gasteiger charge is -2.07. The number of esters is 1. The van der Waals surface area contributed by atoms with Crippen molar-refractivity contribution in [1.29, 1.82) is 0 Å². The van der Waals surface area contributed by atoms with Crippen LogP contribution in [-0.2, 0) is 22.6 Å². The van der Waals surface area contributed by atoms with Crippen molar-refractivity contribution in [3.63, 3.8) is 0 Å². The SMILES string of the molecule is CC(=O)Nc1c[nH]c2c(C(=O)NCc3ccc4c(c3)CC(=O)O4)ncnc12. The highest BCUT2D eigenvalue weighted by atomic mass is 16.5. The highest BCUT2D eigenvalue weighted by Gasteiger charge is 2.21. The van der Waals surface area contributed by atoms with Crippen LogP contribution in [0.5, 0.6) is 5.75 Å². The van der Waals surface area contributed by atoms with E-state index in [-0.39, 0.29) is 36.4 Å². The third kappa shape index (κ3) is 3.22. The van der Waals surface area contributed by atoms with E-state index in [1.54, 1.807) is 18.3 Å². The number of fused-ring (bicyclic) bond motifs is 2. The molecule has 4 rings (SSSR count). The van der Waals surface area contributed by atoms with Crippen LogP contribution in [0.4, 0.5) is 5.69 Å². The van der Waals surface area contributed by atoms with Crippen LogP contribution in [0.15, 0.2) is 30.7 Å². The van der Waals surface area contributed by atoms with Crippen molar-refractivity contribution in [1.82, 2.24) is 20.3 Å². The maximum absolute atomic E-state index is 12.6. The molecule has 0 spiro atoms. The van der Waals surface area contributed by atoms with Gasteiger partial charge >= 0.3 is 5.97 Å². The Morgan fingerprint density at radius 3 is 2.96 bits per heavy atom. The van der Waals surface area contributed by atoms with Gasteiger partial charge in [0.2, 0.25) is 5.91 Å². The largest absolute Gasteiger partial charge is 0.426 e. The lowest BCUT2D eigenvalue weighted by molar-refractivity contribution is -0.131. The van der Waals surface area contributed by atoms with Gasteiger partial charge in [-0.25, -0.2) is 9.97 Å². The third-order valence-electron chi connectivity index (χ3n) is 4.13. The summed E-state index contributed by atoms with van der Waals surface area (Å²) in [5.41, 5.74) is 3.20. The molecule has 0 radical (unpaired) electrons. The van der Waals surface area contributed by atoms with Gasteiger partial charge in [0.15, 0.2) is 5.69 Å². The molecule has 3 N–H and O–H groups in total. The molecular formula is C18H15N5O4. The molecule has 0 atom stereocenters. The van der Waals surface area contributed by atoms with E-state index in [2.05, 4.69) is 25.6 Å². The number of rotatable bonds is 4. The number of nitrogens with zero attached hydrogens (tertiary/aromatic N) is 2. The predicted octanol–water partition coefficient (Wildman–Crippen LogP) is 1.31. The first kappa shape index (κ1) is 16.7. The lowest BCUT2D eigenvalue weighted by Crippen LogP contribution is -2.24. The molecule has 2 aromatic heterocycles. The topological polar surface area (TPSA) is 126 Å². The molecule has 0 bridgehead atoms. The van der Waals surface area contributed by atoms with Crippen LogP contribution in [0.2, 0.25) is 0 Å². The number of aromatic amines is 1. The molecule has 0 saturated heterocycles. The maximum Gasteiger partial charge on any atom is 0.315 e. The van der Waals surface area contributed by atoms with Crippen molar-refractivity contribution in [3.8, 4) is 5.75 Å². The molecule has 1 aliphatic rings. The van der Waals surface area contributed by atoms with Gasteiger partial charge in [-0.15, -0.1) is 0 Å². The molecule has 0 fully saturated rings. The summed E-state index contributed by atoms with van der Waals surface area (Å²) in [7, 11) is 0. The number of carbonyl (C=O) groups is 3. The number of hydrogen-bond donors (Lipinski definition) is 3. The molecule has 0 unspecified atom stereocenters. The molecule has 9 nitrogen and oxygen atoms in total. The van der Waals surface area contributed by atoms with Gasteiger partial charge in [-0.3, -0.25) is 14.4 Å². The summed E-state index contributed by atoms with van der Waals surface area (Å²) >= 11 is 0. The zero-order valence-corrected chi connectivity index (χ0v) is 14.3. The molecule has 1 aliphatic heterocycles. The summed E-state index contributed by atoms with van der Waals surface area (Å²) in [6.07, 6.45) is 3.07. The number of H-pyrrole nitrogens is 1. The average molecular weight is 365 g/mol. The van der Waals surface area contributed by atoms with Gasteiger partial charge in [-0.1, -0.05) is 6.07 Å². The van der Waals surface area contributed by atoms with Crippen LogP contribution in [0.3, 0.4) is 0 Å². The number of anilines is 1. The smallest absolute Gasteiger partial charge is 0.315 e. The van der Waals surface area contributed by atoms with E-state index < -0.39 is 0 Å². The Balaban J connectivity index is 1.52. The first-order valence-electron chi connectivity index (χ1n) is 8.21. The van der Waals surface area contributed by atoms with E-state index in [0.29, 0.717) is 22.5 Å². The van der Waals surface area contributed by atoms with Gasteiger partial charge in [-0.05, 0) is 17.7 Å². The minimum absolute atomic E-state index is 0.177. The van der Waals surface area contributed by atoms with E-state index in [1.165, 1.54) is 13.3 Å². The molecule has 2 amide bonds. The number of hydrogen-bond acceptors (Lipinski definition) is 6. The van der Waals surface area contributed by atoms with Crippen LogP contribution < -0.4 is 15.4 Å². The maximum atomic E-state index is 12.6. The summed E-state index contributed by atoms with van der Waals surface area (Å²) in [6.45, 7) is 1.66. The van der Waals surface area contributed by atoms with E-state index in [4.69, 9.17) is 4.74 Å². The Kier molecular flexibility index (Phi) is 4.03. The van der Waals surface area contributed by atoms with Crippen molar-refractivity contribution in [3.05, 3.63) is 47.5 Å². The molecule has 3 aromatic rings. The van der Waals surface area contributed by atoms with E-state index in [0.717, 1.165) is 11.1 Å².